The van der Waals surface area contributed by atoms with E-state index in [9.17, 15) is 9.59 Å². The van der Waals surface area contributed by atoms with Gasteiger partial charge < -0.3 is 16.4 Å². The molecule has 4 rings (SSSR count). The number of hydrogen-bond donors (Lipinski definition) is 3. The van der Waals surface area contributed by atoms with E-state index in [1.165, 1.54) is 19.3 Å². The first-order valence-corrected chi connectivity index (χ1v) is 9.17. The summed E-state index contributed by atoms with van der Waals surface area (Å²) in [6, 6.07) is 6.63. The highest BCUT2D eigenvalue weighted by atomic mass is 16.2. The molecule has 25 heavy (non-hydrogen) atoms. The van der Waals surface area contributed by atoms with E-state index in [0.29, 0.717) is 29.6 Å². The first-order chi connectivity index (χ1) is 12.1. The third-order valence-corrected chi connectivity index (χ3v) is 6.23. The molecule has 5 nitrogen and oxygen atoms in total. The van der Waals surface area contributed by atoms with E-state index in [1.54, 1.807) is 24.3 Å². The number of hydrogen-bond acceptors (Lipinski definition) is 3. The smallest absolute Gasteiger partial charge is 0.248 e. The Morgan fingerprint density at radius 3 is 2.56 bits per heavy atom. The Kier molecular flexibility index (Phi) is 4.12. The Morgan fingerprint density at radius 1 is 1.16 bits per heavy atom. The summed E-state index contributed by atoms with van der Waals surface area (Å²) in [5.74, 6) is 1.83. The predicted molar refractivity (Wildman–Crippen MR) is 97.0 cm³/mol. The van der Waals surface area contributed by atoms with Crippen molar-refractivity contribution in [2.75, 3.05) is 18.4 Å². The number of rotatable bonds is 7. The number of amides is 2. The van der Waals surface area contributed by atoms with Crippen LogP contribution in [0.5, 0.6) is 0 Å². The second-order valence-electron chi connectivity index (χ2n) is 7.69. The summed E-state index contributed by atoms with van der Waals surface area (Å²) in [6.45, 7) is 1.70. The van der Waals surface area contributed by atoms with Crippen LogP contribution in [0.25, 0.3) is 0 Å². The molecule has 2 amide bonds. The molecule has 0 saturated heterocycles. The standard InChI is InChI=1S/C20H25N3O2/c21-19(25)13-1-4-16(5-2-13)23-18(24)7-10-22-12-14-11-15-3-6-17(14)20(15)8-9-20/h1-6,14-15,17,22H,7-12H2,(H2,21,25)(H,23,24)/t14-,15-,17-/m1/s1. The molecule has 3 aliphatic rings. The molecule has 3 atom stereocenters. The van der Waals surface area contributed by atoms with Crippen molar-refractivity contribution < 1.29 is 9.59 Å². The molecule has 5 heteroatoms. The third kappa shape index (κ3) is 3.09. The number of anilines is 1. The molecule has 4 N–H and O–H groups in total. The molecular formula is C20H25N3O2. The largest absolute Gasteiger partial charge is 0.366 e. The van der Waals surface area contributed by atoms with Crippen LogP contribution in [-0.4, -0.2) is 24.9 Å². The van der Waals surface area contributed by atoms with E-state index >= 15 is 0 Å². The summed E-state index contributed by atoms with van der Waals surface area (Å²) in [5, 5.41) is 6.31. The summed E-state index contributed by atoms with van der Waals surface area (Å²) >= 11 is 0. The van der Waals surface area contributed by atoms with Gasteiger partial charge >= 0.3 is 0 Å². The molecule has 2 bridgehead atoms. The molecule has 0 aliphatic heterocycles. The van der Waals surface area contributed by atoms with Crippen LogP contribution in [0.1, 0.15) is 36.0 Å². The SMILES string of the molecule is NC(=O)c1ccc(NC(=O)CCNC[C@H]2C[C@H]3C=C[C@H]2C32CC2)cc1. The zero-order valence-electron chi connectivity index (χ0n) is 14.3. The number of carbonyl (C=O) groups is 2. The van der Waals surface area contributed by atoms with E-state index in [0.717, 1.165) is 24.3 Å². The molecule has 0 aromatic heterocycles. The number of benzene rings is 1. The number of primary amides is 1. The van der Waals surface area contributed by atoms with Gasteiger partial charge in [-0.3, -0.25) is 9.59 Å². The lowest BCUT2D eigenvalue weighted by Gasteiger charge is -2.20. The van der Waals surface area contributed by atoms with E-state index in [4.69, 9.17) is 5.73 Å². The van der Waals surface area contributed by atoms with Crippen LogP contribution in [-0.2, 0) is 4.79 Å². The van der Waals surface area contributed by atoms with Crippen LogP contribution in [0.4, 0.5) is 5.69 Å². The summed E-state index contributed by atoms with van der Waals surface area (Å²) in [7, 11) is 0. The fraction of sp³-hybridized carbons (Fsp3) is 0.500. The normalized spacial score (nSPS) is 27.6. The Labute approximate surface area is 148 Å². The third-order valence-electron chi connectivity index (χ3n) is 6.23. The van der Waals surface area contributed by atoms with Crippen molar-refractivity contribution in [3.8, 4) is 0 Å². The van der Waals surface area contributed by atoms with E-state index in [2.05, 4.69) is 22.8 Å². The minimum Gasteiger partial charge on any atom is -0.366 e. The molecule has 132 valence electrons. The number of nitrogens with one attached hydrogen (secondary N) is 2. The Balaban J connectivity index is 1.17. The molecule has 2 fully saturated rings. The first kappa shape index (κ1) is 16.3. The molecule has 1 spiro atoms. The zero-order chi connectivity index (χ0) is 17.4. The van der Waals surface area contributed by atoms with Crippen molar-refractivity contribution in [2.45, 2.75) is 25.7 Å². The molecule has 1 aromatic carbocycles. The van der Waals surface area contributed by atoms with Crippen molar-refractivity contribution in [3.63, 3.8) is 0 Å². The van der Waals surface area contributed by atoms with Gasteiger partial charge in [0, 0.05) is 24.2 Å². The Morgan fingerprint density at radius 2 is 1.92 bits per heavy atom. The number of allylic oxidation sites excluding steroid dienone is 2. The van der Waals surface area contributed by atoms with Crippen LogP contribution in [0, 0.1) is 23.2 Å². The maximum absolute atomic E-state index is 12.0. The van der Waals surface area contributed by atoms with Crippen molar-refractivity contribution in [2.24, 2.45) is 28.9 Å². The molecule has 0 radical (unpaired) electrons. The van der Waals surface area contributed by atoms with Gasteiger partial charge in [0.1, 0.15) is 0 Å². The highest BCUT2D eigenvalue weighted by Crippen LogP contribution is 2.69. The number of carbonyl (C=O) groups excluding carboxylic acids is 2. The van der Waals surface area contributed by atoms with Gasteiger partial charge in [0.2, 0.25) is 11.8 Å². The topological polar surface area (TPSA) is 84.2 Å². The summed E-state index contributed by atoms with van der Waals surface area (Å²) < 4.78 is 0. The van der Waals surface area contributed by atoms with Gasteiger partial charge in [-0.1, -0.05) is 12.2 Å². The van der Waals surface area contributed by atoms with Crippen LogP contribution in [0.15, 0.2) is 36.4 Å². The van der Waals surface area contributed by atoms with Gasteiger partial charge in [-0.05, 0) is 73.2 Å². The Bertz CT molecular complexity index is 706. The molecule has 1 aromatic rings. The lowest BCUT2D eigenvalue weighted by Crippen LogP contribution is -2.29. The lowest BCUT2D eigenvalue weighted by molar-refractivity contribution is -0.116. The van der Waals surface area contributed by atoms with Crippen molar-refractivity contribution in [1.29, 1.82) is 0 Å². The summed E-state index contributed by atoms with van der Waals surface area (Å²) in [5.41, 5.74) is 6.96. The predicted octanol–water partition coefficient (Wildman–Crippen LogP) is 2.31. The summed E-state index contributed by atoms with van der Waals surface area (Å²) in [6.07, 6.45) is 9.44. The zero-order valence-corrected chi connectivity index (χ0v) is 14.3. The minimum atomic E-state index is -0.467. The molecule has 3 aliphatic carbocycles. The van der Waals surface area contributed by atoms with Crippen molar-refractivity contribution in [3.05, 3.63) is 42.0 Å². The molecule has 0 heterocycles. The highest BCUT2D eigenvalue weighted by Gasteiger charge is 2.62. The van der Waals surface area contributed by atoms with Gasteiger partial charge in [-0.15, -0.1) is 0 Å². The second-order valence-corrected chi connectivity index (χ2v) is 7.69. The summed E-state index contributed by atoms with van der Waals surface area (Å²) in [4.78, 5) is 23.0. The Hall–Kier alpha value is -2.14. The first-order valence-electron chi connectivity index (χ1n) is 9.17. The maximum Gasteiger partial charge on any atom is 0.248 e. The van der Waals surface area contributed by atoms with Gasteiger partial charge in [0.15, 0.2) is 0 Å². The lowest BCUT2D eigenvalue weighted by atomic mass is 9.89. The van der Waals surface area contributed by atoms with E-state index in [-0.39, 0.29) is 5.91 Å². The average Bonchev–Trinajstić information content (AvgIpc) is 3.26. The average molecular weight is 339 g/mol. The van der Waals surface area contributed by atoms with E-state index in [1.807, 2.05) is 0 Å². The van der Waals surface area contributed by atoms with Gasteiger partial charge in [0.05, 0.1) is 0 Å². The van der Waals surface area contributed by atoms with Gasteiger partial charge in [-0.25, -0.2) is 0 Å². The highest BCUT2D eigenvalue weighted by molar-refractivity contribution is 5.94. The fourth-order valence-electron chi connectivity index (χ4n) is 4.79. The van der Waals surface area contributed by atoms with Crippen molar-refractivity contribution >= 4 is 17.5 Å². The van der Waals surface area contributed by atoms with Crippen LogP contribution in [0.3, 0.4) is 0 Å². The maximum atomic E-state index is 12.0. The quantitative estimate of drug-likeness (QED) is 0.526. The van der Waals surface area contributed by atoms with Gasteiger partial charge in [-0.2, -0.15) is 0 Å². The minimum absolute atomic E-state index is 0.0224. The molecule has 0 unspecified atom stereocenters. The second kappa shape index (κ2) is 6.30. The molecular weight excluding hydrogens is 314 g/mol. The number of nitrogens with two attached hydrogens (primary N) is 1. The van der Waals surface area contributed by atoms with Crippen LogP contribution >= 0.6 is 0 Å². The monoisotopic (exact) mass is 339 g/mol. The van der Waals surface area contributed by atoms with Gasteiger partial charge in [0.25, 0.3) is 0 Å². The molecule has 2 saturated carbocycles. The van der Waals surface area contributed by atoms with E-state index < -0.39 is 5.91 Å². The van der Waals surface area contributed by atoms with Crippen LogP contribution < -0.4 is 16.4 Å². The fourth-order valence-corrected chi connectivity index (χ4v) is 4.79. The van der Waals surface area contributed by atoms with Crippen LogP contribution in [0.2, 0.25) is 0 Å². The van der Waals surface area contributed by atoms with Crippen molar-refractivity contribution in [1.82, 2.24) is 5.32 Å².